The minimum Gasteiger partial charge on any atom is -0.297 e. The number of rotatable bonds is 2. The van der Waals surface area contributed by atoms with Gasteiger partial charge in [0.1, 0.15) is 11.3 Å². The van der Waals surface area contributed by atoms with Crippen LogP contribution in [0.4, 0.5) is 13.9 Å². The summed E-state index contributed by atoms with van der Waals surface area (Å²) >= 11 is 7.87. The number of carbonyl (C=O) groups is 1. The second-order valence-corrected chi connectivity index (χ2v) is 6.56. The number of carbonyl (C=O) groups excluding carboxylic acids is 1. The van der Waals surface area contributed by atoms with Crippen LogP contribution in [0.1, 0.15) is 9.67 Å². The molecular weight excluding hydrogens is 326 g/mol. The number of hydrogen-bond donors (Lipinski definition) is 1. The van der Waals surface area contributed by atoms with Gasteiger partial charge in [0.05, 0.1) is 13.9 Å². The van der Waals surface area contributed by atoms with Crippen molar-refractivity contribution in [3.63, 3.8) is 0 Å². The second-order valence-electron chi connectivity index (χ2n) is 3.81. The molecule has 0 aliphatic rings. The Labute approximate surface area is 124 Å². The molecule has 2 heterocycles. The molecule has 3 rings (SSSR count). The van der Waals surface area contributed by atoms with Crippen LogP contribution in [0.15, 0.2) is 24.3 Å². The molecule has 1 amide bonds. The van der Waals surface area contributed by atoms with Crippen molar-refractivity contribution in [3.05, 3.63) is 45.1 Å². The summed E-state index contributed by atoms with van der Waals surface area (Å²) in [4.78, 5) is 16.3. The van der Waals surface area contributed by atoms with Crippen molar-refractivity contribution in [2.24, 2.45) is 0 Å². The van der Waals surface area contributed by atoms with Crippen molar-refractivity contribution in [1.29, 1.82) is 0 Å². The van der Waals surface area contributed by atoms with E-state index in [4.69, 9.17) is 11.6 Å². The Balaban J connectivity index is 1.91. The molecule has 0 saturated heterocycles. The summed E-state index contributed by atoms with van der Waals surface area (Å²) < 4.78 is 27.4. The molecule has 2 aromatic heterocycles. The highest BCUT2D eigenvalue weighted by Crippen LogP contribution is 2.29. The smallest absolute Gasteiger partial charge is 0.267 e. The number of halogens is 3. The molecule has 0 bridgehead atoms. The van der Waals surface area contributed by atoms with Crippen molar-refractivity contribution in [1.82, 2.24) is 4.98 Å². The molecule has 0 atom stereocenters. The minimum atomic E-state index is -0.754. The average molecular weight is 331 g/mol. The zero-order valence-corrected chi connectivity index (χ0v) is 12.0. The number of fused-ring (bicyclic) bond motifs is 1. The predicted molar refractivity (Wildman–Crippen MR) is 76.8 cm³/mol. The first-order valence-electron chi connectivity index (χ1n) is 5.35. The van der Waals surface area contributed by atoms with E-state index in [0.717, 1.165) is 28.7 Å². The van der Waals surface area contributed by atoms with Crippen molar-refractivity contribution in [2.75, 3.05) is 5.32 Å². The van der Waals surface area contributed by atoms with E-state index in [0.29, 0.717) is 13.9 Å². The molecule has 0 radical (unpaired) electrons. The molecular formula is C12H5ClF2N2OS2. The van der Waals surface area contributed by atoms with Crippen molar-refractivity contribution in [3.8, 4) is 0 Å². The quantitative estimate of drug-likeness (QED) is 0.749. The number of hydrogen-bond acceptors (Lipinski definition) is 4. The van der Waals surface area contributed by atoms with Gasteiger partial charge in [0.2, 0.25) is 0 Å². The van der Waals surface area contributed by atoms with Crippen LogP contribution in [0.3, 0.4) is 0 Å². The summed E-state index contributed by atoms with van der Waals surface area (Å²) in [7, 11) is 0. The van der Waals surface area contributed by atoms with E-state index in [9.17, 15) is 13.6 Å². The number of nitrogens with one attached hydrogen (secondary N) is 1. The van der Waals surface area contributed by atoms with Crippen LogP contribution < -0.4 is 5.32 Å². The number of nitrogens with zero attached hydrogens (tertiary/aromatic N) is 1. The van der Waals surface area contributed by atoms with Gasteiger partial charge < -0.3 is 0 Å². The van der Waals surface area contributed by atoms with Gasteiger partial charge >= 0.3 is 0 Å². The molecule has 20 heavy (non-hydrogen) atoms. The van der Waals surface area contributed by atoms with Crippen LogP contribution in [0.2, 0.25) is 4.34 Å². The predicted octanol–water partition coefficient (Wildman–Crippen LogP) is 4.54. The van der Waals surface area contributed by atoms with Crippen LogP contribution >= 0.6 is 34.3 Å². The number of amides is 1. The molecule has 0 fully saturated rings. The van der Waals surface area contributed by atoms with E-state index in [2.05, 4.69) is 10.3 Å². The fourth-order valence-corrected chi connectivity index (χ4v) is 3.44. The van der Waals surface area contributed by atoms with Crippen LogP contribution in [-0.4, -0.2) is 10.9 Å². The molecule has 1 N–H and O–H groups in total. The summed E-state index contributed by atoms with van der Waals surface area (Å²) in [5, 5.41) is 2.75. The third-order valence-electron chi connectivity index (χ3n) is 2.43. The fourth-order valence-electron chi connectivity index (χ4n) is 1.61. The monoisotopic (exact) mass is 330 g/mol. The molecule has 0 unspecified atom stereocenters. The minimum absolute atomic E-state index is 0.0379. The molecule has 0 aliphatic heterocycles. The first-order valence-corrected chi connectivity index (χ1v) is 7.36. The molecule has 3 nitrogen and oxygen atoms in total. The molecule has 1 aromatic carbocycles. The van der Waals surface area contributed by atoms with Crippen LogP contribution in [0.5, 0.6) is 0 Å². The number of anilines is 1. The Hall–Kier alpha value is -1.57. The third kappa shape index (κ3) is 2.52. The maximum absolute atomic E-state index is 13.5. The highest BCUT2D eigenvalue weighted by molar-refractivity contribution is 7.22. The summed E-state index contributed by atoms with van der Waals surface area (Å²) in [6.45, 7) is 0. The standard InChI is InChI=1S/C12H5ClF2N2OS2/c13-9-2-1-7(19-9)11(18)17-12-16-10-6(15)3-5(14)4-8(10)20-12/h1-4H,(H,16,17,18). The van der Waals surface area contributed by atoms with Gasteiger partial charge in [-0.25, -0.2) is 13.8 Å². The normalized spacial score (nSPS) is 10.9. The molecule has 0 spiro atoms. The maximum atomic E-state index is 13.5. The van der Waals surface area contributed by atoms with Gasteiger partial charge in [-0.05, 0) is 18.2 Å². The molecule has 0 aliphatic carbocycles. The van der Waals surface area contributed by atoms with Crippen LogP contribution in [-0.2, 0) is 0 Å². The van der Waals surface area contributed by atoms with Crippen LogP contribution in [0.25, 0.3) is 10.2 Å². The zero-order valence-electron chi connectivity index (χ0n) is 9.62. The molecule has 0 saturated carbocycles. The Morgan fingerprint density at radius 3 is 2.75 bits per heavy atom. The summed E-state index contributed by atoms with van der Waals surface area (Å²) in [6.07, 6.45) is 0. The van der Waals surface area contributed by atoms with E-state index < -0.39 is 11.6 Å². The maximum Gasteiger partial charge on any atom is 0.267 e. The summed E-state index contributed by atoms with van der Waals surface area (Å²) in [6, 6.07) is 5.12. The lowest BCUT2D eigenvalue weighted by Crippen LogP contribution is -2.09. The van der Waals surface area contributed by atoms with E-state index in [1.165, 1.54) is 6.07 Å². The summed E-state index contributed by atoms with van der Waals surface area (Å²) in [5.74, 6) is -1.82. The van der Waals surface area contributed by atoms with E-state index >= 15 is 0 Å². The largest absolute Gasteiger partial charge is 0.297 e. The zero-order chi connectivity index (χ0) is 14.3. The van der Waals surface area contributed by atoms with Crippen molar-refractivity contribution >= 4 is 55.5 Å². The van der Waals surface area contributed by atoms with Crippen molar-refractivity contribution < 1.29 is 13.6 Å². The number of thiazole rings is 1. The van der Waals surface area contributed by atoms with Gasteiger partial charge in [-0.3, -0.25) is 10.1 Å². The lowest BCUT2D eigenvalue weighted by atomic mass is 10.3. The van der Waals surface area contributed by atoms with Gasteiger partial charge in [-0.2, -0.15) is 0 Å². The second kappa shape index (κ2) is 5.08. The fraction of sp³-hybridized carbons (Fsp3) is 0. The average Bonchev–Trinajstić information content (AvgIpc) is 2.95. The van der Waals surface area contributed by atoms with Gasteiger partial charge in [-0.1, -0.05) is 22.9 Å². The van der Waals surface area contributed by atoms with Gasteiger partial charge in [0.15, 0.2) is 10.9 Å². The SMILES string of the molecule is O=C(Nc1nc2c(F)cc(F)cc2s1)c1ccc(Cl)s1. The van der Waals surface area contributed by atoms with Gasteiger partial charge in [-0.15, -0.1) is 11.3 Å². The summed E-state index contributed by atoms with van der Waals surface area (Å²) in [5.41, 5.74) is 0.0379. The number of benzene rings is 1. The highest BCUT2D eigenvalue weighted by atomic mass is 35.5. The first kappa shape index (κ1) is 13.4. The molecule has 3 aromatic rings. The van der Waals surface area contributed by atoms with Crippen LogP contribution in [0, 0.1) is 11.6 Å². The lowest BCUT2D eigenvalue weighted by Gasteiger charge is -1.96. The number of thiophene rings is 1. The van der Waals surface area contributed by atoms with Gasteiger partial charge in [0, 0.05) is 6.07 Å². The molecule has 8 heteroatoms. The lowest BCUT2D eigenvalue weighted by molar-refractivity contribution is 0.103. The number of aromatic nitrogens is 1. The Morgan fingerprint density at radius 1 is 1.25 bits per heavy atom. The topological polar surface area (TPSA) is 42.0 Å². The van der Waals surface area contributed by atoms with Gasteiger partial charge in [0.25, 0.3) is 5.91 Å². The Morgan fingerprint density at radius 2 is 2.05 bits per heavy atom. The Bertz CT molecular complexity index is 815. The van der Waals surface area contributed by atoms with E-state index in [1.807, 2.05) is 0 Å². The van der Waals surface area contributed by atoms with E-state index in [1.54, 1.807) is 12.1 Å². The first-order chi connectivity index (χ1) is 9.52. The molecule has 102 valence electrons. The third-order valence-corrected chi connectivity index (χ3v) is 4.58. The highest BCUT2D eigenvalue weighted by Gasteiger charge is 2.14. The van der Waals surface area contributed by atoms with E-state index in [-0.39, 0.29) is 16.6 Å². The Kier molecular flexibility index (Phi) is 3.41. The van der Waals surface area contributed by atoms with Crippen molar-refractivity contribution in [2.45, 2.75) is 0 Å².